The molecule has 0 amide bonds. The SMILES string of the molecule is Nc1cccc(-c2ncc(-c3cc(Br)cs3)[nH]2)c1. The minimum absolute atomic E-state index is 0.740. The molecule has 0 aliphatic rings. The van der Waals surface area contributed by atoms with Crippen LogP contribution in [0.2, 0.25) is 0 Å². The van der Waals surface area contributed by atoms with E-state index in [4.69, 9.17) is 5.73 Å². The molecular weight excluding hydrogens is 310 g/mol. The summed E-state index contributed by atoms with van der Waals surface area (Å²) in [7, 11) is 0. The molecule has 3 aromatic rings. The van der Waals surface area contributed by atoms with Crippen LogP contribution in [0.1, 0.15) is 0 Å². The van der Waals surface area contributed by atoms with Crippen LogP contribution in [-0.2, 0) is 0 Å². The molecule has 3 nitrogen and oxygen atoms in total. The van der Waals surface area contributed by atoms with Gasteiger partial charge in [0.05, 0.1) is 16.8 Å². The molecule has 3 N–H and O–H groups in total. The van der Waals surface area contributed by atoms with Crippen molar-refractivity contribution in [2.45, 2.75) is 0 Å². The maximum absolute atomic E-state index is 5.77. The highest BCUT2D eigenvalue weighted by atomic mass is 79.9. The summed E-state index contributed by atoms with van der Waals surface area (Å²) < 4.78 is 1.09. The van der Waals surface area contributed by atoms with Gasteiger partial charge in [0.1, 0.15) is 5.82 Å². The monoisotopic (exact) mass is 319 g/mol. The van der Waals surface area contributed by atoms with Gasteiger partial charge in [0, 0.05) is 21.1 Å². The van der Waals surface area contributed by atoms with Crippen molar-refractivity contribution in [3.63, 3.8) is 0 Å². The first-order valence-corrected chi connectivity index (χ1v) is 7.05. The van der Waals surface area contributed by atoms with Crippen LogP contribution in [0.5, 0.6) is 0 Å². The lowest BCUT2D eigenvalue weighted by Crippen LogP contribution is -1.86. The largest absolute Gasteiger partial charge is 0.399 e. The Balaban J connectivity index is 1.99. The first-order valence-electron chi connectivity index (χ1n) is 5.38. The van der Waals surface area contributed by atoms with Crippen molar-refractivity contribution in [2.75, 3.05) is 5.73 Å². The van der Waals surface area contributed by atoms with Gasteiger partial charge in [-0.3, -0.25) is 0 Å². The molecule has 0 unspecified atom stereocenters. The van der Waals surface area contributed by atoms with E-state index < -0.39 is 0 Å². The Morgan fingerprint density at radius 1 is 1.28 bits per heavy atom. The van der Waals surface area contributed by atoms with Crippen molar-refractivity contribution in [3.8, 4) is 22.0 Å². The van der Waals surface area contributed by atoms with Crippen LogP contribution in [0.25, 0.3) is 22.0 Å². The molecule has 0 bridgehead atoms. The van der Waals surface area contributed by atoms with Gasteiger partial charge in [-0.25, -0.2) is 4.98 Å². The van der Waals surface area contributed by atoms with Gasteiger partial charge >= 0.3 is 0 Å². The van der Waals surface area contributed by atoms with E-state index in [0.29, 0.717) is 0 Å². The quantitative estimate of drug-likeness (QED) is 0.697. The average Bonchev–Trinajstić information content (AvgIpc) is 2.97. The molecule has 2 heterocycles. The normalized spacial score (nSPS) is 10.7. The highest BCUT2D eigenvalue weighted by molar-refractivity contribution is 9.10. The molecule has 3 rings (SSSR count). The Kier molecular flexibility index (Phi) is 2.93. The maximum Gasteiger partial charge on any atom is 0.137 e. The second kappa shape index (κ2) is 4.59. The van der Waals surface area contributed by atoms with Gasteiger partial charge in [0.15, 0.2) is 0 Å². The van der Waals surface area contributed by atoms with Crippen molar-refractivity contribution < 1.29 is 0 Å². The molecule has 0 aliphatic heterocycles. The Bertz CT molecular complexity index is 687. The number of H-pyrrole nitrogens is 1. The van der Waals surface area contributed by atoms with E-state index in [1.54, 1.807) is 11.3 Å². The number of anilines is 1. The lowest BCUT2D eigenvalue weighted by Gasteiger charge is -1.98. The lowest BCUT2D eigenvalue weighted by molar-refractivity contribution is 1.31. The predicted molar refractivity (Wildman–Crippen MR) is 79.4 cm³/mol. The summed E-state index contributed by atoms with van der Waals surface area (Å²) in [6.45, 7) is 0. The zero-order chi connectivity index (χ0) is 12.5. The number of hydrogen-bond acceptors (Lipinski definition) is 3. The molecule has 0 atom stereocenters. The Hall–Kier alpha value is -1.59. The third-order valence-electron chi connectivity index (χ3n) is 2.57. The zero-order valence-electron chi connectivity index (χ0n) is 9.35. The molecular formula is C13H10BrN3S. The first kappa shape index (κ1) is 11.5. The maximum atomic E-state index is 5.77. The van der Waals surface area contributed by atoms with E-state index in [9.17, 15) is 0 Å². The van der Waals surface area contributed by atoms with Crippen LogP contribution in [0, 0.1) is 0 Å². The molecule has 0 saturated carbocycles. The number of halogens is 1. The molecule has 2 aromatic heterocycles. The van der Waals surface area contributed by atoms with Crippen LogP contribution in [0.15, 0.2) is 46.4 Å². The third-order valence-corrected chi connectivity index (χ3v) is 4.29. The van der Waals surface area contributed by atoms with Gasteiger partial charge in [0.2, 0.25) is 0 Å². The fourth-order valence-corrected chi connectivity index (χ4v) is 3.13. The molecule has 0 aliphatic carbocycles. The van der Waals surface area contributed by atoms with E-state index in [0.717, 1.165) is 32.1 Å². The number of hydrogen-bond donors (Lipinski definition) is 2. The summed E-state index contributed by atoms with van der Waals surface area (Å²) in [5, 5.41) is 2.05. The number of nitrogens with zero attached hydrogens (tertiary/aromatic N) is 1. The van der Waals surface area contributed by atoms with Crippen molar-refractivity contribution in [2.24, 2.45) is 0 Å². The lowest BCUT2D eigenvalue weighted by atomic mass is 10.2. The molecule has 0 spiro atoms. The highest BCUT2D eigenvalue weighted by Crippen LogP contribution is 2.30. The fourth-order valence-electron chi connectivity index (χ4n) is 1.73. The van der Waals surface area contributed by atoms with Crippen LogP contribution < -0.4 is 5.73 Å². The fraction of sp³-hybridized carbons (Fsp3) is 0. The predicted octanol–water partition coefficient (Wildman–Crippen LogP) is 4.15. The van der Waals surface area contributed by atoms with Gasteiger partial charge in [0.25, 0.3) is 0 Å². The van der Waals surface area contributed by atoms with Crippen molar-refractivity contribution in [3.05, 3.63) is 46.4 Å². The van der Waals surface area contributed by atoms with Gasteiger partial charge in [-0.05, 0) is 34.1 Å². The number of aromatic nitrogens is 2. The van der Waals surface area contributed by atoms with Crippen molar-refractivity contribution in [1.82, 2.24) is 9.97 Å². The summed E-state index contributed by atoms with van der Waals surface area (Å²) in [4.78, 5) is 8.86. The van der Waals surface area contributed by atoms with E-state index in [2.05, 4.69) is 37.3 Å². The van der Waals surface area contributed by atoms with Gasteiger partial charge in [-0.2, -0.15) is 0 Å². The average molecular weight is 320 g/mol. The van der Waals surface area contributed by atoms with E-state index in [1.165, 1.54) is 0 Å². The van der Waals surface area contributed by atoms with Crippen LogP contribution in [-0.4, -0.2) is 9.97 Å². The topological polar surface area (TPSA) is 54.7 Å². The molecule has 90 valence electrons. The van der Waals surface area contributed by atoms with Gasteiger partial charge in [-0.1, -0.05) is 12.1 Å². The second-order valence-electron chi connectivity index (χ2n) is 3.90. The van der Waals surface area contributed by atoms with E-state index in [-0.39, 0.29) is 0 Å². The van der Waals surface area contributed by atoms with Crippen molar-refractivity contribution in [1.29, 1.82) is 0 Å². The number of imidazole rings is 1. The summed E-state index contributed by atoms with van der Waals surface area (Å²) >= 11 is 5.12. The standard InChI is InChI=1S/C13H10BrN3S/c14-9-5-12(18-7-9)11-6-16-13(17-11)8-2-1-3-10(15)4-8/h1-7H,15H2,(H,16,17). The number of nitrogen functional groups attached to an aromatic ring is 1. The third kappa shape index (κ3) is 2.19. The van der Waals surface area contributed by atoms with E-state index >= 15 is 0 Å². The Labute approximate surface area is 117 Å². The molecule has 0 fully saturated rings. The Morgan fingerprint density at radius 3 is 2.89 bits per heavy atom. The number of benzene rings is 1. The summed E-state index contributed by atoms with van der Waals surface area (Å²) in [6, 6.07) is 9.76. The summed E-state index contributed by atoms with van der Waals surface area (Å²) in [5.41, 5.74) is 8.53. The second-order valence-corrected chi connectivity index (χ2v) is 5.73. The zero-order valence-corrected chi connectivity index (χ0v) is 11.8. The van der Waals surface area contributed by atoms with Crippen LogP contribution in [0.4, 0.5) is 5.69 Å². The molecule has 5 heteroatoms. The minimum atomic E-state index is 0.740. The molecule has 18 heavy (non-hydrogen) atoms. The van der Waals surface area contributed by atoms with Crippen molar-refractivity contribution >= 4 is 33.0 Å². The molecule has 1 aromatic carbocycles. The number of nitrogens with one attached hydrogen (secondary N) is 1. The number of nitrogens with two attached hydrogens (primary N) is 1. The smallest absolute Gasteiger partial charge is 0.137 e. The first-order chi connectivity index (χ1) is 8.72. The molecule has 0 saturated heterocycles. The van der Waals surface area contributed by atoms with Gasteiger partial charge in [-0.15, -0.1) is 11.3 Å². The number of aromatic amines is 1. The highest BCUT2D eigenvalue weighted by Gasteiger charge is 2.07. The molecule has 0 radical (unpaired) electrons. The van der Waals surface area contributed by atoms with E-state index in [1.807, 2.05) is 30.5 Å². The Morgan fingerprint density at radius 2 is 2.17 bits per heavy atom. The minimum Gasteiger partial charge on any atom is -0.399 e. The van der Waals surface area contributed by atoms with Crippen LogP contribution in [0.3, 0.4) is 0 Å². The number of thiophene rings is 1. The summed E-state index contributed by atoms with van der Waals surface area (Å²) in [6.07, 6.45) is 1.84. The van der Waals surface area contributed by atoms with Gasteiger partial charge < -0.3 is 10.7 Å². The van der Waals surface area contributed by atoms with Crippen LogP contribution >= 0.6 is 27.3 Å². The number of rotatable bonds is 2. The summed E-state index contributed by atoms with van der Waals surface area (Å²) in [5.74, 6) is 0.835.